The second-order valence-electron chi connectivity index (χ2n) is 5.37. The molecule has 0 aliphatic rings. The third-order valence-corrected chi connectivity index (χ3v) is 3.70. The van der Waals surface area contributed by atoms with Crippen molar-refractivity contribution in [1.29, 1.82) is 0 Å². The van der Waals surface area contributed by atoms with Crippen molar-refractivity contribution in [2.24, 2.45) is 0 Å². The van der Waals surface area contributed by atoms with E-state index in [4.69, 9.17) is 4.42 Å². The van der Waals surface area contributed by atoms with E-state index >= 15 is 0 Å². The Morgan fingerprint density at radius 2 is 1.96 bits per heavy atom. The Labute approximate surface area is 153 Å². The molecule has 138 valence electrons. The van der Waals surface area contributed by atoms with Crippen molar-refractivity contribution in [2.45, 2.75) is 13.3 Å². The third kappa shape index (κ3) is 4.00. The van der Waals surface area contributed by atoms with E-state index in [-0.39, 0.29) is 17.4 Å². The molecule has 2 heterocycles. The number of anilines is 3. The summed E-state index contributed by atoms with van der Waals surface area (Å²) in [6.07, 6.45) is 3.24. The largest absolute Gasteiger partial charge is 0.459 e. The van der Waals surface area contributed by atoms with Crippen LogP contribution in [-0.4, -0.2) is 20.8 Å². The lowest BCUT2D eigenvalue weighted by atomic mass is 10.1. The van der Waals surface area contributed by atoms with E-state index in [1.165, 1.54) is 12.3 Å². The van der Waals surface area contributed by atoms with Crippen molar-refractivity contribution in [1.82, 2.24) is 15.4 Å². The van der Waals surface area contributed by atoms with E-state index in [1.807, 2.05) is 25.1 Å². The molecule has 0 radical (unpaired) electrons. The minimum Gasteiger partial charge on any atom is -0.459 e. The maximum atomic E-state index is 11.9. The number of benzene rings is 1. The number of furan rings is 1. The molecule has 10 nitrogen and oxygen atoms in total. The molecule has 0 saturated heterocycles. The second-order valence-corrected chi connectivity index (χ2v) is 5.37. The number of aromatic nitrogens is 2. The lowest BCUT2D eigenvalue weighted by Gasteiger charge is -2.12. The fraction of sp³-hybridized carbons (Fsp3) is 0.118. The topological polar surface area (TPSA) is 135 Å². The standard InChI is InChI=1S/C17H16N6O4/c1-2-11-6-3-4-7-12(11)20-15-14(23(25)26)16(19-10-18-15)21-22-17(24)13-8-5-9-27-13/h3-10H,2H2,1H3,(H,22,24)(H2,18,19,20,21). The van der Waals surface area contributed by atoms with Crippen molar-refractivity contribution in [3.8, 4) is 0 Å². The van der Waals surface area contributed by atoms with Gasteiger partial charge in [-0.15, -0.1) is 0 Å². The van der Waals surface area contributed by atoms with Crippen LogP contribution in [0.25, 0.3) is 0 Å². The molecule has 2 aromatic heterocycles. The van der Waals surface area contributed by atoms with Crippen LogP contribution in [0.15, 0.2) is 53.4 Å². The van der Waals surface area contributed by atoms with Gasteiger partial charge in [0.1, 0.15) is 6.33 Å². The Bertz CT molecular complexity index is 958. The second kappa shape index (κ2) is 7.95. The SMILES string of the molecule is CCc1ccccc1Nc1ncnc(NNC(=O)c2ccco2)c1[N+](=O)[O-]. The van der Waals surface area contributed by atoms with Crippen LogP contribution >= 0.6 is 0 Å². The molecule has 0 atom stereocenters. The first-order chi connectivity index (χ1) is 13.1. The first-order valence-electron chi connectivity index (χ1n) is 8.04. The number of nitrogens with zero attached hydrogens (tertiary/aromatic N) is 3. The number of rotatable bonds is 7. The van der Waals surface area contributed by atoms with E-state index in [2.05, 4.69) is 26.1 Å². The van der Waals surface area contributed by atoms with Crippen LogP contribution in [-0.2, 0) is 6.42 Å². The summed E-state index contributed by atoms with van der Waals surface area (Å²) in [4.78, 5) is 30.7. The molecule has 10 heteroatoms. The van der Waals surface area contributed by atoms with Crippen molar-refractivity contribution in [2.75, 3.05) is 10.7 Å². The molecular formula is C17H16N6O4. The number of hydrogen-bond donors (Lipinski definition) is 3. The first kappa shape index (κ1) is 17.9. The highest BCUT2D eigenvalue weighted by atomic mass is 16.6. The molecule has 0 saturated carbocycles. The van der Waals surface area contributed by atoms with Gasteiger partial charge in [0, 0.05) is 5.69 Å². The molecule has 0 aliphatic carbocycles. The molecule has 0 fully saturated rings. The number of hydrazine groups is 1. The van der Waals surface area contributed by atoms with Crippen molar-refractivity contribution < 1.29 is 14.1 Å². The summed E-state index contributed by atoms with van der Waals surface area (Å²) in [5.41, 5.74) is 6.03. The van der Waals surface area contributed by atoms with Crippen LogP contribution < -0.4 is 16.2 Å². The molecule has 0 aliphatic heterocycles. The van der Waals surface area contributed by atoms with Crippen molar-refractivity contribution in [3.63, 3.8) is 0 Å². The van der Waals surface area contributed by atoms with E-state index in [1.54, 1.807) is 12.1 Å². The quantitative estimate of drug-likeness (QED) is 0.428. The number of nitrogens with one attached hydrogen (secondary N) is 3. The number of carbonyl (C=O) groups is 1. The van der Waals surface area contributed by atoms with E-state index in [0.717, 1.165) is 18.3 Å². The number of carbonyl (C=O) groups excluding carboxylic acids is 1. The van der Waals surface area contributed by atoms with E-state index in [0.29, 0.717) is 5.69 Å². The van der Waals surface area contributed by atoms with Gasteiger partial charge in [-0.1, -0.05) is 25.1 Å². The average Bonchev–Trinajstić information content (AvgIpc) is 3.21. The van der Waals surface area contributed by atoms with Crippen LogP contribution in [0, 0.1) is 10.1 Å². The summed E-state index contributed by atoms with van der Waals surface area (Å²) in [7, 11) is 0. The Hall–Kier alpha value is -3.95. The molecule has 27 heavy (non-hydrogen) atoms. The molecule has 0 bridgehead atoms. The van der Waals surface area contributed by atoms with Crippen LogP contribution in [0.2, 0.25) is 0 Å². The fourth-order valence-corrected chi connectivity index (χ4v) is 2.40. The summed E-state index contributed by atoms with van der Waals surface area (Å²) in [6.45, 7) is 1.98. The smallest absolute Gasteiger partial charge is 0.355 e. The molecular weight excluding hydrogens is 352 g/mol. The van der Waals surface area contributed by atoms with Crippen molar-refractivity contribution in [3.05, 3.63) is 70.4 Å². The minimum absolute atomic E-state index is 0.00523. The fourth-order valence-electron chi connectivity index (χ4n) is 2.40. The summed E-state index contributed by atoms with van der Waals surface area (Å²) in [5.74, 6) is -0.704. The molecule has 3 rings (SSSR count). The molecule has 1 amide bonds. The van der Waals surface area contributed by atoms with Gasteiger partial charge in [-0.25, -0.2) is 9.97 Å². The summed E-state index contributed by atoms with van der Waals surface area (Å²) < 4.78 is 4.96. The summed E-state index contributed by atoms with van der Waals surface area (Å²) in [5, 5.41) is 14.5. The van der Waals surface area contributed by atoms with Gasteiger partial charge in [0.15, 0.2) is 5.76 Å². The molecule has 0 unspecified atom stereocenters. The third-order valence-electron chi connectivity index (χ3n) is 3.70. The van der Waals surface area contributed by atoms with Gasteiger partial charge in [-0.3, -0.25) is 25.8 Å². The zero-order valence-corrected chi connectivity index (χ0v) is 14.3. The van der Waals surface area contributed by atoms with Gasteiger partial charge in [-0.2, -0.15) is 0 Å². The van der Waals surface area contributed by atoms with Crippen molar-refractivity contribution >= 4 is 28.9 Å². The Morgan fingerprint density at radius 3 is 2.67 bits per heavy atom. The maximum absolute atomic E-state index is 11.9. The monoisotopic (exact) mass is 368 g/mol. The van der Waals surface area contributed by atoms with Gasteiger partial charge in [0.2, 0.25) is 11.6 Å². The lowest BCUT2D eigenvalue weighted by molar-refractivity contribution is -0.383. The zero-order valence-electron chi connectivity index (χ0n) is 14.3. The Balaban J connectivity index is 1.86. The number of nitro groups is 1. The number of aryl methyl sites for hydroxylation is 1. The molecule has 3 N–H and O–H groups in total. The van der Waals surface area contributed by atoms with Gasteiger partial charge in [0.05, 0.1) is 11.2 Å². The number of amides is 1. The molecule has 3 aromatic rings. The number of para-hydroxylation sites is 1. The van der Waals surface area contributed by atoms with Crippen LogP contribution in [0.4, 0.5) is 23.0 Å². The normalized spacial score (nSPS) is 10.3. The predicted octanol–water partition coefficient (Wildman–Crippen LogP) is 3.04. The molecule has 1 aromatic carbocycles. The van der Waals surface area contributed by atoms with E-state index < -0.39 is 16.5 Å². The first-order valence-corrected chi connectivity index (χ1v) is 8.04. The van der Waals surface area contributed by atoms with Crippen LogP contribution in [0.3, 0.4) is 0 Å². The minimum atomic E-state index is -0.627. The molecule has 0 spiro atoms. The predicted molar refractivity (Wildman–Crippen MR) is 97.6 cm³/mol. The Morgan fingerprint density at radius 1 is 1.19 bits per heavy atom. The lowest BCUT2D eigenvalue weighted by Crippen LogP contribution is -2.30. The number of hydrogen-bond acceptors (Lipinski definition) is 8. The van der Waals surface area contributed by atoms with Crippen LogP contribution in [0.1, 0.15) is 23.0 Å². The highest BCUT2D eigenvalue weighted by molar-refractivity contribution is 5.92. The van der Waals surface area contributed by atoms with Gasteiger partial charge >= 0.3 is 11.6 Å². The highest BCUT2D eigenvalue weighted by Gasteiger charge is 2.24. The zero-order chi connectivity index (χ0) is 19.2. The highest BCUT2D eigenvalue weighted by Crippen LogP contribution is 2.31. The Kier molecular flexibility index (Phi) is 5.26. The van der Waals surface area contributed by atoms with Gasteiger partial charge in [-0.05, 0) is 30.2 Å². The summed E-state index contributed by atoms with van der Waals surface area (Å²) >= 11 is 0. The van der Waals surface area contributed by atoms with E-state index in [9.17, 15) is 14.9 Å². The maximum Gasteiger partial charge on any atom is 0.355 e. The average molecular weight is 368 g/mol. The van der Waals surface area contributed by atoms with Gasteiger partial charge in [0.25, 0.3) is 0 Å². The summed E-state index contributed by atoms with van der Waals surface area (Å²) in [6, 6.07) is 10.4. The van der Waals surface area contributed by atoms with Gasteiger partial charge < -0.3 is 9.73 Å². The van der Waals surface area contributed by atoms with Crippen LogP contribution in [0.5, 0.6) is 0 Å².